The Kier molecular flexibility index (Phi) is 4.43. The lowest BCUT2D eigenvalue weighted by molar-refractivity contribution is 0.286. The molecule has 4 heteroatoms. The van der Waals surface area contributed by atoms with Crippen molar-refractivity contribution >= 4 is 27.9 Å². The molecule has 0 saturated carbocycles. The fraction of sp³-hybridized carbons (Fsp3) is 0.500. The molecule has 0 fully saturated rings. The normalized spacial score (nSPS) is 10.2. The highest BCUT2D eigenvalue weighted by atomic mass is 35.5. The van der Waals surface area contributed by atoms with E-state index in [1.807, 2.05) is 12.1 Å². The van der Waals surface area contributed by atoms with Crippen LogP contribution < -0.4 is 5.32 Å². The second-order valence-electron chi connectivity index (χ2n) is 2.46. The van der Waals surface area contributed by atoms with Crippen molar-refractivity contribution in [3.05, 3.63) is 16.5 Å². The summed E-state index contributed by atoms with van der Waals surface area (Å²) in [5, 5.41) is 12.8. The highest BCUT2D eigenvalue weighted by molar-refractivity contribution is 7.19. The second kappa shape index (κ2) is 5.41. The van der Waals surface area contributed by atoms with Gasteiger partial charge in [0.15, 0.2) is 0 Å². The molecular weight excluding hydrogens is 194 g/mol. The Hall–Kier alpha value is -0.250. The molecule has 12 heavy (non-hydrogen) atoms. The quantitative estimate of drug-likeness (QED) is 0.725. The van der Waals surface area contributed by atoms with Crippen molar-refractivity contribution in [3.8, 4) is 0 Å². The largest absolute Gasteiger partial charge is 0.396 e. The van der Waals surface area contributed by atoms with E-state index in [0.717, 1.165) is 28.7 Å². The summed E-state index contributed by atoms with van der Waals surface area (Å²) in [6, 6.07) is 3.84. The van der Waals surface area contributed by atoms with Crippen molar-refractivity contribution < 1.29 is 5.11 Å². The van der Waals surface area contributed by atoms with Gasteiger partial charge in [-0.25, -0.2) is 0 Å². The Bertz CT molecular complexity index is 227. The zero-order valence-corrected chi connectivity index (χ0v) is 8.29. The van der Waals surface area contributed by atoms with Gasteiger partial charge in [0.05, 0.1) is 9.34 Å². The summed E-state index contributed by atoms with van der Waals surface area (Å²) in [6.45, 7) is 1.17. The minimum Gasteiger partial charge on any atom is -0.396 e. The van der Waals surface area contributed by atoms with E-state index in [2.05, 4.69) is 5.32 Å². The predicted octanol–water partition coefficient (Wildman–Crippen LogP) is 2.59. The zero-order valence-electron chi connectivity index (χ0n) is 6.72. The highest BCUT2D eigenvalue weighted by Gasteiger charge is 1.95. The van der Waals surface area contributed by atoms with Crippen LogP contribution in [0.15, 0.2) is 12.1 Å². The average Bonchev–Trinajstić information content (AvgIpc) is 2.45. The Balaban J connectivity index is 2.15. The number of aliphatic hydroxyl groups is 1. The molecule has 2 nitrogen and oxygen atoms in total. The highest BCUT2D eigenvalue weighted by Crippen LogP contribution is 2.25. The van der Waals surface area contributed by atoms with E-state index in [4.69, 9.17) is 16.7 Å². The molecule has 2 N–H and O–H groups in total. The van der Waals surface area contributed by atoms with Crippen LogP contribution in [0.1, 0.15) is 12.8 Å². The summed E-state index contributed by atoms with van der Waals surface area (Å²) in [4.78, 5) is 0. The van der Waals surface area contributed by atoms with Gasteiger partial charge in [0.1, 0.15) is 0 Å². The third kappa shape index (κ3) is 3.43. The van der Waals surface area contributed by atoms with Crippen LogP contribution in [0.25, 0.3) is 0 Å². The number of unbranched alkanes of at least 4 members (excludes halogenated alkanes) is 1. The maximum Gasteiger partial charge on any atom is 0.0950 e. The average molecular weight is 206 g/mol. The lowest BCUT2D eigenvalue weighted by Crippen LogP contribution is -2.00. The summed E-state index contributed by atoms with van der Waals surface area (Å²) in [5.74, 6) is 0. The molecule has 0 atom stereocenters. The molecule has 1 aromatic heterocycles. The van der Waals surface area contributed by atoms with Gasteiger partial charge >= 0.3 is 0 Å². The minimum atomic E-state index is 0.271. The number of thiophene rings is 1. The van der Waals surface area contributed by atoms with Gasteiger partial charge in [0, 0.05) is 13.2 Å². The smallest absolute Gasteiger partial charge is 0.0950 e. The third-order valence-corrected chi connectivity index (χ3v) is 2.65. The van der Waals surface area contributed by atoms with Crippen LogP contribution in [0.2, 0.25) is 4.34 Å². The first-order valence-electron chi connectivity index (χ1n) is 3.93. The number of aliphatic hydroxyl groups excluding tert-OH is 1. The Labute approximate surface area is 81.2 Å². The summed E-state index contributed by atoms with van der Waals surface area (Å²) in [6.07, 6.45) is 1.85. The molecule has 1 heterocycles. The van der Waals surface area contributed by atoms with Gasteiger partial charge in [-0.05, 0) is 25.0 Å². The van der Waals surface area contributed by atoms with Crippen LogP contribution in [-0.2, 0) is 0 Å². The van der Waals surface area contributed by atoms with Gasteiger partial charge < -0.3 is 10.4 Å². The first-order valence-corrected chi connectivity index (χ1v) is 5.12. The molecule has 0 amide bonds. The van der Waals surface area contributed by atoms with E-state index in [9.17, 15) is 0 Å². The van der Waals surface area contributed by atoms with Gasteiger partial charge in [0.25, 0.3) is 0 Å². The Morgan fingerprint density at radius 3 is 2.83 bits per heavy atom. The molecule has 0 bridgehead atoms. The minimum absolute atomic E-state index is 0.271. The van der Waals surface area contributed by atoms with Gasteiger partial charge in [0.2, 0.25) is 0 Å². The summed E-state index contributed by atoms with van der Waals surface area (Å²) in [5.41, 5.74) is 0. The number of halogens is 1. The maximum atomic E-state index is 8.52. The lowest BCUT2D eigenvalue weighted by Gasteiger charge is -2.00. The molecule has 0 aliphatic rings. The molecule has 1 aromatic rings. The maximum absolute atomic E-state index is 8.52. The molecule has 0 spiro atoms. The molecule has 0 radical (unpaired) electrons. The SMILES string of the molecule is OCCCCNc1ccc(Cl)s1. The van der Waals surface area contributed by atoms with Crippen molar-refractivity contribution in [1.82, 2.24) is 0 Å². The van der Waals surface area contributed by atoms with Crippen molar-refractivity contribution in [3.63, 3.8) is 0 Å². The van der Waals surface area contributed by atoms with Crippen LogP contribution in [0.5, 0.6) is 0 Å². The van der Waals surface area contributed by atoms with Gasteiger partial charge in [-0.3, -0.25) is 0 Å². The van der Waals surface area contributed by atoms with E-state index in [-0.39, 0.29) is 6.61 Å². The first kappa shape index (κ1) is 9.84. The van der Waals surface area contributed by atoms with E-state index >= 15 is 0 Å². The summed E-state index contributed by atoms with van der Waals surface area (Å²) < 4.78 is 0.805. The first-order chi connectivity index (χ1) is 5.83. The predicted molar refractivity (Wildman–Crippen MR) is 54.1 cm³/mol. The van der Waals surface area contributed by atoms with Gasteiger partial charge in [-0.15, -0.1) is 11.3 Å². The molecule has 68 valence electrons. The third-order valence-electron chi connectivity index (χ3n) is 1.46. The van der Waals surface area contributed by atoms with Gasteiger partial charge in [-0.1, -0.05) is 11.6 Å². The number of hydrogen-bond donors (Lipinski definition) is 2. The molecule has 0 aliphatic heterocycles. The standard InChI is InChI=1S/C8H12ClNOS/c9-7-3-4-8(12-7)10-5-1-2-6-11/h3-4,10-11H,1-2,5-6H2. The molecule has 0 saturated heterocycles. The van der Waals surface area contributed by atoms with Crippen LogP contribution in [0.3, 0.4) is 0 Å². The number of hydrogen-bond acceptors (Lipinski definition) is 3. The summed E-state index contributed by atoms with van der Waals surface area (Å²) in [7, 11) is 0. The van der Waals surface area contributed by atoms with Crippen LogP contribution in [0.4, 0.5) is 5.00 Å². The number of rotatable bonds is 5. The summed E-state index contributed by atoms with van der Waals surface area (Å²) >= 11 is 7.28. The zero-order chi connectivity index (χ0) is 8.81. The van der Waals surface area contributed by atoms with Crippen molar-refractivity contribution in [1.29, 1.82) is 0 Å². The second-order valence-corrected chi connectivity index (χ2v) is 4.18. The molecular formula is C8H12ClNOS. The monoisotopic (exact) mass is 205 g/mol. The molecule has 0 aromatic carbocycles. The van der Waals surface area contributed by atoms with Gasteiger partial charge in [-0.2, -0.15) is 0 Å². The van der Waals surface area contributed by atoms with Crippen LogP contribution in [-0.4, -0.2) is 18.3 Å². The molecule has 0 aliphatic carbocycles. The van der Waals surface area contributed by atoms with Crippen molar-refractivity contribution in [2.45, 2.75) is 12.8 Å². The molecule has 0 unspecified atom stereocenters. The van der Waals surface area contributed by atoms with Crippen LogP contribution >= 0.6 is 22.9 Å². The lowest BCUT2D eigenvalue weighted by atomic mass is 10.3. The Morgan fingerprint density at radius 1 is 1.42 bits per heavy atom. The number of anilines is 1. The number of nitrogens with one attached hydrogen (secondary N) is 1. The van der Waals surface area contributed by atoms with E-state index in [1.165, 1.54) is 11.3 Å². The fourth-order valence-corrected chi connectivity index (χ4v) is 1.83. The van der Waals surface area contributed by atoms with E-state index in [1.54, 1.807) is 0 Å². The van der Waals surface area contributed by atoms with Crippen molar-refractivity contribution in [2.75, 3.05) is 18.5 Å². The van der Waals surface area contributed by atoms with Crippen molar-refractivity contribution in [2.24, 2.45) is 0 Å². The van der Waals surface area contributed by atoms with E-state index in [0.29, 0.717) is 0 Å². The Morgan fingerprint density at radius 2 is 2.25 bits per heavy atom. The van der Waals surface area contributed by atoms with Crippen LogP contribution in [0, 0.1) is 0 Å². The topological polar surface area (TPSA) is 32.3 Å². The molecule has 1 rings (SSSR count). The van der Waals surface area contributed by atoms with E-state index < -0.39 is 0 Å². The fourth-order valence-electron chi connectivity index (χ4n) is 0.858.